The number of benzene rings is 2. The molecule has 1 aliphatic rings. The van der Waals surface area contributed by atoms with Crippen molar-refractivity contribution in [2.45, 2.75) is 54.0 Å². The maximum Gasteiger partial charge on any atom is 0.319 e. The van der Waals surface area contributed by atoms with Crippen LogP contribution >= 0.6 is 0 Å². The van der Waals surface area contributed by atoms with Gasteiger partial charge < -0.3 is 21.3 Å². The molecule has 6 heteroatoms. The molecule has 2 atom stereocenters. The van der Waals surface area contributed by atoms with Gasteiger partial charge in [0, 0.05) is 24.0 Å². The van der Waals surface area contributed by atoms with Gasteiger partial charge >= 0.3 is 12.1 Å². The number of carbonyl (C=O) groups is 2. The van der Waals surface area contributed by atoms with E-state index in [0.29, 0.717) is 12.5 Å². The zero-order valence-corrected chi connectivity index (χ0v) is 19.3. The molecule has 2 aromatic rings. The molecule has 4 amide bonds. The summed E-state index contributed by atoms with van der Waals surface area (Å²) in [6.07, 6.45) is 0.830. The van der Waals surface area contributed by atoms with Crippen molar-refractivity contribution in [2.75, 3.05) is 17.2 Å². The summed E-state index contributed by atoms with van der Waals surface area (Å²) in [5.74, 6) is 0.293. The highest BCUT2D eigenvalue weighted by Gasteiger charge is 2.48. The molecule has 0 aliphatic heterocycles. The Morgan fingerprint density at radius 2 is 1.29 bits per heavy atom. The molecule has 0 bridgehead atoms. The minimum absolute atomic E-state index is 0.0605. The van der Waals surface area contributed by atoms with Crippen LogP contribution in [0.3, 0.4) is 0 Å². The lowest BCUT2D eigenvalue weighted by atomic mass is 9.58. The standard InChI is InChI=1S/C25H34N4O2/c1-15-9-7-10-16(2)21(15)28-23(30)26-14-19-13-20(25(19,5)6)27-24(31)29-22-17(3)11-8-12-18(22)4/h7-12,19-20H,13-14H2,1-6H3,(H2,26,28,30)(H2,27,29,31)/t19-,20+/m1/s1. The quantitative estimate of drug-likeness (QED) is 0.529. The highest BCUT2D eigenvalue weighted by molar-refractivity contribution is 5.92. The monoisotopic (exact) mass is 422 g/mol. The summed E-state index contributed by atoms with van der Waals surface area (Å²) >= 11 is 0. The molecule has 31 heavy (non-hydrogen) atoms. The smallest absolute Gasteiger partial charge is 0.319 e. The summed E-state index contributed by atoms with van der Waals surface area (Å²) in [6.45, 7) is 12.8. The minimum Gasteiger partial charge on any atom is -0.338 e. The first kappa shape index (κ1) is 22.7. The van der Waals surface area contributed by atoms with Crippen LogP contribution in [0.5, 0.6) is 0 Å². The summed E-state index contributed by atoms with van der Waals surface area (Å²) in [6, 6.07) is 11.6. The van der Waals surface area contributed by atoms with Gasteiger partial charge in [0.2, 0.25) is 0 Å². The fraction of sp³-hybridized carbons (Fsp3) is 0.440. The van der Waals surface area contributed by atoms with Gasteiger partial charge in [0.25, 0.3) is 0 Å². The van der Waals surface area contributed by atoms with E-state index < -0.39 is 0 Å². The van der Waals surface area contributed by atoms with Crippen LogP contribution in [0.2, 0.25) is 0 Å². The van der Waals surface area contributed by atoms with E-state index in [1.165, 1.54) is 0 Å². The number of anilines is 2. The summed E-state index contributed by atoms with van der Waals surface area (Å²) in [5.41, 5.74) is 5.77. The molecule has 0 saturated heterocycles. The average molecular weight is 423 g/mol. The van der Waals surface area contributed by atoms with Gasteiger partial charge in [-0.1, -0.05) is 50.2 Å². The van der Waals surface area contributed by atoms with Crippen molar-refractivity contribution < 1.29 is 9.59 Å². The second-order valence-corrected chi connectivity index (χ2v) is 9.27. The van der Waals surface area contributed by atoms with Crippen LogP contribution in [-0.2, 0) is 0 Å². The van der Waals surface area contributed by atoms with Crippen LogP contribution in [0.25, 0.3) is 0 Å². The van der Waals surface area contributed by atoms with Gasteiger partial charge in [0.05, 0.1) is 0 Å². The maximum atomic E-state index is 12.5. The van der Waals surface area contributed by atoms with Crippen molar-refractivity contribution in [3.63, 3.8) is 0 Å². The van der Waals surface area contributed by atoms with E-state index in [1.807, 2.05) is 64.1 Å². The Labute approximate surface area is 185 Å². The van der Waals surface area contributed by atoms with Crippen LogP contribution in [0.1, 0.15) is 42.5 Å². The third kappa shape index (κ3) is 5.01. The molecule has 2 aromatic carbocycles. The summed E-state index contributed by atoms with van der Waals surface area (Å²) in [7, 11) is 0. The zero-order chi connectivity index (χ0) is 22.8. The number of carbonyl (C=O) groups excluding carboxylic acids is 2. The Bertz CT molecular complexity index is 943. The molecule has 0 unspecified atom stereocenters. The van der Waals surface area contributed by atoms with Crippen molar-refractivity contribution in [3.05, 3.63) is 58.7 Å². The molecule has 0 spiro atoms. The number of aryl methyl sites for hydroxylation is 4. The van der Waals surface area contributed by atoms with Crippen LogP contribution < -0.4 is 21.3 Å². The molecule has 3 rings (SSSR count). The molecular formula is C25H34N4O2. The van der Waals surface area contributed by atoms with E-state index in [2.05, 4.69) is 35.1 Å². The number of amides is 4. The lowest BCUT2D eigenvalue weighted by Gasteiger charge is -2.52. The second-order valence-electron chi connectivity index (χ2n) is 9.27. The first-order chi connectivity index (χ1) is 14.6. The fourth-order valence-electron chi connectivity index (χ4n) is 4.31. The van der Waals surface area contributed by atoms with Crippen LogP contribution in [-0.4, -0.2) is 24.6 Å². The predicted octanol–water partition coefficient (Wildman–Crippen LogP) is 5.28. The lowest BCUT2D eigenvalue weighted by Crippen LogP contribution is -2.61. The molecule has 0 heterocycles. The van der Waals surface area contributed by atoms with E-state index in [0.717, 1.165) is 40.0 Å². The number of para-hydroxylation sites is 2. The average Bonchev–Trinajstić information content (AvgIpc) is 2.70. The van der Waals surface area contributed by atoms with Crippen LogP contribution in [0.15, 0.2) is 36.4 Å². The van der Waals surface area contributed by atoms with E-state index >= 15 is 0 Å². The predicted molar refractivity (Wildman–Crippen MR) is 127 cm³/mol. The van der Waals surface area contributed by atoms with E-state index in [9.17, 15) is 9.59 Å². The third-order valence-corrected chi connectivity index (χ3v) is 6.72. The minimum atomic E-state index is -0.197. The number of hydrogen-bond acceptors (Lipinski definition) is 2. The molecule has 166 valence electrons. The van der Waals surface area contributed by atoms with Crippen molar-refractivity contribution in [3.8, 4) is 0 Å². The zero-order valence-electron chi connectivity index (χ0n) is 19.3. The van der Waals surface area contributed by atoms with Gasteiger partial charge in [-0.05, 0) is 67.7 Å². The molecule has 0 radical (unpaired) electrons. The molecule has 1 aliphatic carbocycles. The molecule has 1 saturated carbocycles. The molecule has 0 aromatic heterocycles. The Morgan fingerprint density at radius 3 is 1.74 bits per heavy atom. The van der Waals surface area contributed by atoms with Crippen molar-refractivity contribution in [1.29, 1.82) is 0 Å². The number of urea groups is 2. The number of hydrogen-bond donors (Lipinski definition) is 4. The molecule has 4 N–H and O–H groups in total. The Kier molecular flexibility index (Phi) is 6.58. The van der Waals surface area contributed by atoms with Crippen molar-refractivity contribution >= 4 is 23.4 Å². The van der Waals surface area contributed by atoms with Crippen molar-refractivity contribution in [1.82, 2.24) is 10.6 Å². The topological polar surface area (TPSA) is 82.3 Å². The fourth-order valence-corrected chi connectivity index (χ4v) is 4.31. The maximum absolute atomic E-state index is 12.5. The Balaban J connectivity index is 1.49. The second kappa shape index (κ2) is 9.00. The number of nitrogens with one attached hydrogen (secondary N) is 4. The molecule has 1 fully saturated rings. The van der Waals surface area contributed by atoms with E-state index in [1.54, 1.807) is 0 Å². The SMILES string of the molecule is Cc1cccc(C)c1NC(=O)NC[C@H]1C[C@H](NC(=O)Nc2c(C)cccc2C)C1(C)C. The Morgan fingerprint density at radius 1 is 0.839 bits per heavy atom. The first-order valence-electron chi connectivity index (χ1n) is 10.8. The summed E-state index contributed by atoms with van der Waals surface area (Å²) in [5, 5.41) is 12.0. The lowest BCUT2D eigenvalue weighted by molar-refractivity contribution is 0.0244. The molecular weight excluding hydrogens is 388 g/mol. The van der Waals surface area contributed by atoms with Crippen molar-refractivity contribution in [2.24, 2.45) is 11.3 Å². The third-order valence-electron chi connectivity index (χ3n) is 6.72. The largest absolute Gasteiger partial charge is 0.338 e. The Hall–Kier alpha value is -3.02. The van der Waals surface area contributed by atoms with Gasteiger partial charge in [0.15, 0.2) is 0 Å². The summed E-state index contributed by atoms with van der Waals surface area (Å²) < 4.78 is 0. The van der Waals surface area contributed by atoms with Gasteiger partial charge in [-0.2, -0.15) is 0 Å². The van der Waals surface area contributed by atoms with Gasteiger partial charge in [-0.25, -0.2) is 9.59 Å². The highest BCUT2D eigenvalue weighted by Crippen LogP contribution is 2.45. The van der Waals surface area contributed by atoms with E-state index in [4.69, 9.17) is 0 Å². The summed E-state index contributed by atoms with van der Waals surface area (Å²) in [4.78, 5) is 24.9. The van der Waals surface area contributed by atoms with Crippen LogP contribution in [0.4, 0.5) is 21.0 Å². The normalized spacial score (nSPS) is 19.2. The number of rotatable bonds is 5. The van der Waals surface area contributed by atoms with Crippen LogP contribution in [0, 0.1) is 39.0 Å². The van der Waals surface area contributed by atoms with Gasteiger partial charge in [-0.3, -0.25) is 0 Å². The van der Waals surface area contributed by atoms with Gasteiger partial charge in [0.1, 0.15) is 0 Å². The first-order valence-corrected chi connectivity index (χ1v) is 10.8. The van der Waals surface area contributed by atoms with Gasteiger partial charge in [-0.15, -0.1) is 0 Å². The van der Waals surface area contributed by atoms with E-state index in [-0.39, 0.29) is 23.5 Å². The highest BCUT2D eigenvalue weighted by atomic mass is 16.2. The molecule has 6 nitrogen and oxygen atoms in total.